The molecule has 9 heteroatoms. The number of rotatable bonds is 2. The van der Waals surface area contributed by atoms with E-state index in [4.69, 9.17) is 15.5 Å². The van der Waals surface area contributed by atoms with E-state index in [0.29, 0.717) is 0 Å². The summed E-state index contributed by atoms with van der Waals surface area (Å²) in [6.45, 7) is -0.444. The van der Waals surface area contributed by atoms with Gasteiger partial charge in [0.2, 0.25) is 0 Å². The fourth-order valence-corrected chi connectivity index (χ4v) is 1.69. The number of halogens is 1. The zero-order chi connectivity index (χ0) is 13.2. The summed E-state index contributed by atoms with van der Waals surface area (Å²) >= 11 is 3.07. The number of hydrogen-bond donors (Lipinski definition) is 2. The van der Waals surface area contributed by atoms with Crippen LogP contribution >= 0.6 is 15.9 Å². The number of aryl methyl sites for hydroxylation is 1. The van der Waals surface area contributed by atoms with Gasteiger partial charge >= 0.3 is 12.2 Å². The molecule has 0 aliphatic carbocycles. The molecule has 0 saturated carbocycles. The van der Waals surface area contributed by atoms with Gasteiger partial charge in [-0.1, -0.05) is 0 Å². The molecule has 17 heavy (non-hydrogen) atoms. The second kappa shape index (κ2) is 4.84. The molecule has 0 unspecified atom stereocenters. The summed E-state index contributed by atoms with van der Waals surface area (Å²) in [5, 5.41) is 30.0. The van der Waals surface area contributed by atoms with E-state index in [1.165, 1.54) is 11.7 Å². The fraction of sp³-hybridized carbons (Fsp3) is 0.250. The van der Waals surface area contributed by atoms with Crippen LogP contribution in [0.15, 0.2) is 4.47 Å². The molecule has 0 spiro atoms. The third-order valence-corrected chi connectivity index (χ3v) is 2.76. The van der Waals surface area contributed by atoms with E-state index in [1.807, 2.05) is 6.07 Å². The molecule has 0 bridgehead atoms. The van der Waals surface area contributed by atoms with Gasteiger partial charge in [0.25, 0.3) is 0 Å². The Morgan fingerprint density at radius 3 is 2.41 bits per heavy atom. The van der Waals surface area contributed by atoms with Gasteiger partial charge < -0.3 is 10.2 Å². The minimum absolute atomic E-state index is 0.161. The lowest BCUT2D eigenvalue weighted by atomic mass is 10.3. The summed E-state index contributed by atoms with van der Waals surface area (Å²) in [6, 6.07) is 1.86. The lowest BCUT2D eigenvalue weighted by Gasteiger charge is -2.11. The van der Waals surface area contributed by atoms with Crippen LogP contribution in [0.2, 0.25) is 0 Å². The van der Waals surface area contributed by atoms with Gasteiger partial charge in [-0.15, -0.1) is 0 Å². The molecule has 2 N–H and O–H groups in total. The Morgan fingerprint density at radius 1 is 1.53 bits per heavy atom. The van der Waals surface area contributed by atoms with Gasteiger partial charge in [-0.25, -0.2) is 14.5 Å². The van der Waals surface area contributed by atoms with Gasteiger partial charge in [-0.3, -0.25) is 4.68 Å². The highest BCUT2D eigenvalue weighted by Gasteiger charge is 2.24. The summed E-state index contributed by atoms with van der Waals surface area (Å²) in [6.07, 6.45) is -3.21. The zero-order valence-electron chi connectivity index (χ0n) is 8.58. The van der Waals surface area contributed by atoms with E-state index in [1.54, 1.807) is 0 Å². The molecule has 1 aromatic rings. The molecule has 0 fully saturated rings. The van der Waals surface area contributed by atoms with Crippen molar-refractivity contribution in [1.29, 1.82) is 5.26 Å². The number of carbonyl (C=O) groups is 2. The van der Waals surface area contributed by atoms with Crippen LogP contribution in [0, 0.1) is 11.3 Å². The topological polar surface area (TPSA) is 119 Å². The molecule has 0 saturated heterocycles. The molecule has 0 atom stereocenters. The van der Waals surface area contributed by atoms with E-state index < -0.39 is 18.7 Å². The molecule has 0 aliphatic rings. The average Bonchev–Trinajstić information content (AvgIpc) is 2.49. The SMILES string of the molecule is Cn1nc(CN(C(=O)O)C(=O)O)c(Br)c1C#N. The van der Waals surface area contributed by atoms with E-state index in [9.17, 15) is 9.59 Å². The van der Waals surface area contributed by atoms with Crippen molar-refractivity contribution in [2.24, 2.45) is 7.05 Å². The largest absolute Gasteiger partial charge is 0.465 e. The number of carboxylic acid groups (broad SMARTS) is 2. The maximum Gasteiger partial charge on any atom is 0.417 e. The maximum absolute atomic E-state index is 10.6. The number of nitriles is 1. The molecule has 1 aromatic heterocycles. The molecule has 90 valence electrons. The number of hydrogen-bond acceptors (Lipinski definition) is 4. The van der Waals surface area contributed by atoms with Crippen LogP contribution in [0.1, 0.15) is 11.4 Å². The highest BCUT2D eigenvalue weighted by molar-refractivity contribution is 9.10. The lowest BCUT2D eigenvalue weighted by Crippen LogP contribution is -2.34. The van der Waals surface area contributed by atoms with Crippen molar-refractivity contribution in [2.45, 2.75) is 6.54 Å². The van der Waals surface area contributed by atoms with Gasteiger partial charge in [0.15, 0.2) is 5.69 Å². The molecule has 2 amide bonds. The van der Waals surface area contributed by atoms with Crippen molar-refractivity contribution in [3.8, 4) is 6.07 Å². The number of imide groups is 1. The summed E-state index contributed by atoms with van der Waals surface area (Å²) in [7, 11) is 1.50. The van der Waals surface area contributed by atoms with Crippen LogP contribution in [0.4, 0.5) is 9.59 Å². The Balaban J connectivity index is 3.07. The highest BCUT2D eigenvalue weighted by atomic mass is 79.9. The second-order valence-electron chi connectivity index (χ2n) is 3.00. The summed E-state index contributed by atoms with van der Waals surface area (Å²) in [4.78, 5) is 21.5. The third-order valence-electron chi connectivity index (χ3n) is 1.93. The first-order valence-corrected chi connectivity index (χ1v) is 5.02. The third kappa shape index (κ3) is 2.54. The molecule has 0 aliphatic heterocycles. The van der Waals surface area contributed by atoms with Gasteiger partial charge in [-0.2, -0.15) is 10.4 Å². The highest BCUT2D eigenvalue weighted by Crippen LogP contribution is 2.21. The number of amides is 2. The number of nitrogens with zero attached hydrogens (tertiary/aromatic N) is 4. The predicted octanol–water partition coefficient (Wildman–Crippen LogP) is 1.21. The van der Waals surface area contributed by atoms with Crippen LogP contribution in [0.25, 0.3) is 0 Å². The standard InChI is InChI=1S/C8H7BrN4O4/c1-12-5(2-10)6(9)4(11-12)3-13(7(14)15)8(16)17/h3H2,1H3,(H,14,15)(H,16,17). The fourth-order valence-electron chi connectivity index (χ4n) is 1.14. The van der Waals surface area contributed by atoms with Crippen LogP contribution in [-0.2, 0) is 13.6 Å². The van der Waals surface area contributed by atoms with E-state index in [2.05, 4.69) is 21.0 Å². The Labute approximate surface area is 104 Å². The Kier molecular flexibility index (Phi) is 3.69. The van der Waals surface area contributed by atoms with Crippen LogP contribution < -0.4 is 0 Å². The Bertz CT molecular complexity index is 504. The van der Waals surface area contributed by atoms with Crippen molar-refractivity contribution in [1.82, 2.24) is 14.7 Å². The van der Waals surface area contributed by atoms with Crippen molar-refractivity contribution >= 4 is 28.1 Å². The summed E-state index contributed by atoms with van der Waals surface area (Å²) < 4.78 is 1.52. The minimum Gasteiger partial charge on any atom is -0.465 e. The maximum atomic E-state index is 10.6. The molecule has 1 heterocycles. The monoisotopic (exact) mass is 302 g/mol. The normalized spacial score (nSPS) is 9.71. The Morgan fingerprint density at radius 2 is 2.06 bits per heavy atom. The predicted molar refractivity (Wildman–Crippen MR) is 57.2 cm³/mol. The molecular formula is C8H7BrN4O4. The van der Waals surface area contributed by atoms with Crippen molar-refractivity contribution in [3.05, 3.63) is 15.9 Å². The molecule has 0 radical (unpaired) electrons. The first-order valence-electron chi connectivity index (χ1n) is 4.23. The summed E-state index contributed by atoms with van der Waals surface area (Å²) in [5.41, 5.74) is 0.351. The van der Waals surface area contributed by atoms with Gasteiger partial charge in [-0.05, 0) is 15.9 Å². The zero-order valence-corrected chi connectivity index (χ0v) is 10.2. The van der Waals surface area contributed by atoms with Gasteiger partial charge in [0.05, 0.1) is 16.7 Å². The van der Waals surface area contributed by atoms with Crippen molar-refractivity contribution in [2.75, 3.05) is 0 Å². The van der Waals surface area contributed by atoms with Crippen LogP contribution in [-0.4, -0.2) is 37.1 Å². The average molecular weight is 303 g/mol. The molecule has 0 aromatic carbocycles. The van der Waals surface area contributed by atoms with Crippen molar-refractivity contribution in [3.63, 3.8) is 0 Å². The van der Waals surface area contributed by atoms with Crippen LogP contribution in [0.5, 0.6) is 0 Å². The molecular weight excluding hydrogens is 296 g/mol. The van der Waals surface area contributed by atoms with Crippen molar-refractivity contribution < 1.29 is 19.8 Å². The van der Waals surface area contributed by atoms with Gasteiger partial charge in [0, 0.05) is 7.05 Å². The van der Waals surface area contributed by atoms with Gasteiger partial charge in [0.1, 0.15) is 6.07 Å². The lowest BCUT2D eigenvalue weighted by molar-refractivity contribution is 0.120. The quantitative estimate of drug-likeness (QED) is 0.847. The van der Waals surface area contributed by atoms with E-state index in [-0.39, 0.29) is 20.8 Å². The molecule has 8 nitrogen and oxygen atoms in total. The smallest absolute Gasteiger partial charge is 0.417 e. The van der Waals surface area contributed by atoms with E-state index >= 15 is 0 Å². The number of aromatic nitrogens is 2. The Hall–Kier alpha value is -2.08. The van der Waals surface area contributed by atoms with Crippen LogP contribution in [0.3, 0.4) is 0 Å². The minimum atomic E-state index is -1.60. The summed E-state index contributed by atoms with van der Waals surface area (Å²) in [5.74, 6) is 0. The first kappa shape index (κ1) is 13.0. The molecule has 1 rings (SSSR count). The first-order chi connectivity index (χ1) is 7.88. The second-order valence-corrected chi connectivity index (χ2v) is 3.79. The van der Waals surface area contributed by atoms with E-state index in [0.717, 1.165) is 0 Å².